The second-order valence-electron chi connectivity index (χ2n) is 3.74. The van der Waals surface area contributed by atoms with Crippen LogP contribution in [0.3, 0.4) is 0 Å². The van der Waals surface area contributed by atoms with Crippen LogP contribution in [-0.4, -0.2) is 25.5 Å². The Morgan fingerprint density at radius 1 is 1.50 bits per heavy atom. The number of amides is 1. The Hall–Kier alpha value is -1.07. The van der Waals surface area contributed by atoms with Gasteiger partial charge in [-0.15, -0.1) is 0 Å². The Balaban J connectivity index is 2.66. The van der Waals surface area contributed by atoms with E-state index in [2.05, 4.69) is 26.0 Å². The molecule has 0 fully saturated rings. The highest BCUT2D eigenvalue weighted by atomic mass is 79.9. The number of hydrogen-bond donors (Lipinski definition) is 1. The van der Waals surface area contributed by atoms with Crippen LogP contribution in [0, 0.1) is 5.92 Å². The van der Waals surface area contributed by atoms with Crippen LogP contribution in [-0.2, 0) is 9.53 Å². The summed E-state index contributed by atoms with van der Waals surface area (Å²) in [4.78, 5) is 23.0. The molecule has 1 atom stereocenters. The summed E-state index contributed by atoms with van der Waals surface area (Å²) >= 11 is 9.24. The number of esters is 1. The molecular weight excluding hydrogens is 321 g/mol. The molecule has 0 aliphatic rings. The highest BCUT2D eigenvalue weighted by molar-refractivity contribution is 9.10. The minimum Gasteiger partial charge on any atom is -0.469 e. The lowest BCUT2D eigenvalue weighted by atomic mass is 10.1. The van der Waals surface area contributed by atoms with Crippen molar-refractivity contribution in [3.8, 4) is 0 Å². The van der Waals surface area contributed by atoms with Gasteiger partial charge in [0.15, 0.2) is 0 Å². The number of rotatable bonds is 4. The summed E-state index contributed by atoms with van der Waals surface area (Å²) in [6.45, 7) is 1.88. The van der Waals surface area contributed by atoms with Gasteiger partial charge in [0.1, 0.15) is 0 Å². The Bertz CT molecular complexity index is 465. The summed E-state index contributed by atoms with van der Waals surface area (Å²) in [6, 6.07) is 5.08. The Labute approximate surface area is 119 Å². The molecule has 1 rings (SSSR count). The third-order valence-corrected chi connectivity index (χ3v) is 3.66. The maximum atomic E-state index is 11.9. The van der Waals surface area contributed by atoms with Gasteiger partial charge in [-0.05, 0) is 28.1 Å². The Kier molecular flexibility index (Phi) is 5.62. The van der Waals surface area contributed by atoms with Gasteiger partial charge in [0.2, 0.25) is 0 Å². The predicted molar refractivity (Wildman–Crippen MR) is 72.7 cm³/mol. The molecule has 1 aromatic carbocycles. The predicted octanol–water partition coefficient (Wildman–Crippen LogP) is 2.64. The number of nitrogens with one attached hydrogen (secondary N) is 1. The summed E-state index contributed by atoms with van der Waals surface area (Å²) < 4.78 is 5.22. The maximum absolute atomic E-state index is 11.9. The fourth-order valence-electron chi connectivity index (χ4n) is 1.30. The first-order valence-corrected chi connectivity index (χ1v) is 6.44. The largest absolute Gasteiger partial charge is 0.469 e. The van der Waals surface area contributed by atoms with E-state index >= 15 is 0 Å². The first kappa shape index (κ1) is 15.0. The molecule has 0 bridgehead atoms. The Morgan fingerprint density at radius 3 is 2.78 bits per heavy atom. The van der Waals surface area contributed by atoms with Crippen LogP contribution in [0.5, 0.6) is 0 Å². The maximum Gasteiger partial charge on any atom is 0.310 e. The fourth-order valence-corrected chi connectivity index (χ4v) is 1.88. The van der Waals surface area contributed by atoms with Crippen LogP contribution in [0.2, 0.25) is 5.02 Å². The number of methoxy groups -OCH3 is 1. The third kappa shape index (κ3) is 3.71. The normalized spacial score (nSPS) is 11.8. The minimum absolute atomic E-state index is 0.203. The molecule has 0 radical (unpaired) electrons. The lowest BCUT2D eigenvalue weighted by Crippen LogP contribution is -2.32. The van der Waals surface area contributed by atoms with E-state index in [1.807, 2.05) is 0 Å². The van der Waals surface area contributed by atoms with Crippen molar-refractivity contribution in [2.75, 3.05) is 13.7 Å². The first-order chi connectivity index (χ1) is 8.47. The summed E-state index contributed by atoms with van der Waals surface area (Å²) in [5.41, 5.74) is 0.364. The molecule has 18 heavy (non-hydrogen) atoms. The van der Waals surface area contributed by atoms with E-state index in [9.17, 15) is 9.59 Å². The summed E-state index contributed by atoms with van der Waals surface area (Å²) in [5, 5.41) is 2.98. The molecule has 4 nitrogen and oxygen atoms in total. The van der Waals surface area contributed by atoms with Gasteiger partial charge in [0.25, 0.3) is 5.91 Å². The first-order valence-electron chi connectivity index (χ1n) is 5.27. The smallest absolute Gasteiger partial charge is 0.310 e. The molecule has 0 spiro atoms. The van der Waals surface area contributed by atoms with Crippen molar-refractivity contribution in [1.29, 1.82) is 0 Å². The van der Waals surface area contributed by atoms with Gasteiger partial charge >= 0.3 is 5.97 Å². The van der Waals surface area contributed by atoms with E-state index in [-0.39, 0.29) is 18.4 Å². The average Bonchev–Trinajstić information content (AvgIpc) is 2.37. The molecule has 0 aliphatic heterocycles. The van der Waals surface area contributed by atoms with Crippen molar-refractivity contribution < 1.29 is 14.3 Å². The number of ether oxygens (including phenoxy) is 1. The SMILES string of the molecule is COC(=O)[C@H](C)CNC(=O)c1cccc(Br)c1Cl. The number of carbonyl (C=O) groups excluding carboxylic acids is 2. The van der Waals surface area contributed by atoms with Crippen molar-refractivity contribution in [3.05, 3.63) is 33.3 Å². The van der Waals surface area contributed by atoms with Gasteiger partial charge in [-0.25, -0.2) is 0 Å². The van der Waals surface area contributed by atoms with Crippen molar-refractivity contribution in [3.63, 3.8) is 0 Å². The van der Waals surface area contributed by atoms with E-state index in [1.165, 1.54) is 7.11 Å². The van der Waals surface area contributed by atoms with Crippen molar-refractivity contribution in [1.82, 2.24) is 5.32 Å². The average molecular weight is 335 g/mol. The number of carbonyl (C=O) groups is 2. The van der Waals surface area contributed by atoms with Crippen molar-refractivity contribution >= 4 is 39.4 Å². The second-order valence-corrected chi connectivity index (χ2v) is 4.97. The number of benzene rings is 1. The van der Waals surface area contributed by atoms with E-state index in [0.29, 0.717) is 15.1 Å². The third-order valence-electron chi connectivity index (χ3n) is 2.37. The lowest BCUT2D eigenvalue weighted by Gasteiger charge is -2.11. The van der Waals surface area contributed by atoms with E-state index < -0.39 is 5.92 Å². The topological polar surface area (TPSA) is 55.4 Å². The zero-order valence-electron chi connectivity index (χ0n) is 10.00. The van der Waals surface area contributed by atoms with E-state index in [4.69, 9.17) is 11.6 Å². The highest BCUT2D eigenvalue weighted by Gasteiger charge is 2.16. The van der Waals surface area contributed by atoms with Crippen molar-refractivity contribution in [2.24, 2.45) is 5.92 Å². The second kappa shape index (κ2) is 6.75. The molecule has 1 N–H and O–H groups in total. The highest BCUT2D eigenvalue weighted by Crippen LogP contribution is 2.25. The summed E-state index contributed by atoms with van der Waals surface area (Å²) in [7, 11) is 1.31. The van der Waals surface area contributed by atoms with Crippen LogP contribution in [0.25, 0.3) is 0 Å². The monoisotopic (exact) mass is 333 g/mol. The molecule has 0 aliphatic carbocycles. The zero-order chi connectivity index (χ0) is 13.7. The van der Waals surface area contributed by atoms with Crippen LogP contribution in [0.15, 0.2) is 22.7 Å². The molecule has 1 amide bonds. The molecule has 1 aromatic rings. The van der Waals surface area contributed by atoms with E-state index in [1.54, 1.807) is 25.1 Å². The summed E-state index contributed by atoms with van der Waals surface area (Å²) in [5.74, 6) is -1.09. The minimum atomic E-state index is -0.398. The standard InChI is InChI=1S/C12H13BrClNO3/c1-7(12(17)18-2)6-15-11(16)8-4-3-5-9(13)10(8)14/h3-5,7H,6H2,1-2H3,(H,15,16)/t7-/m1/s1. The number of halogens is 2. The quantitative estimate of drug-likeness (QED) is 0.861. The Morgan fingerprint density at radius 2 is 2.17 bits per heavy atom. The molecule has 0 aromatic heterocycles. The fraction of sp³-hybridized carbons (Fsp3) is 0.333. The molecule has 0 saturated heterocycles. The van der Waals surface area contributed by atoms with Gasteiger partial charge in [0.05, 0.1) is 23.6 Å². The molecule has 0 heterocycles. The van der Waals surface area contributed by atoms with E-state index in [0.717, 1.165) is 0 Å². The van der Waals surface area contributed by atoms with Gasteiger partial charge < -0.3 is 10.1 Å². The van der Waals surface area contributed by atoms with Crippen molar-refractivity contribution in [2.45, 2.75) is 6.92 Å². The van der Waals surface area contributed by atoms with Crippen LogP contribution in [0.4, 0.5) is 0 Å². The van der Waals surface area contributed by atoms with Gasteiger partial charge in [-0.2, -0.15) is 0 Å². The zero-order valence-corrected chi connectivity index (χ0v) is 12.3. The molecule has 0 saturated carbocycles. The van der Waals surface area contributed by atoms with Gasteiger partial charge in [-0.3, -0.25) is 9.59 Å². The lowest BCUT2D eigenvalue weighted by molar-refractivity contribution is -0.144. The number of hydrogen-bond acceptors (Lipinski definition) is 3. The van der Waals surface area contributed by atoms with Gasteiger partial charge in [-0.1, -0.05) is 24.6 Å². The van der Waals surface area contributed by atoms with Gasteiger partial charge in [0, 0.05) is 11.0 Å². The molecule has 6 heteroatoms. The molecular formula is C12H13BrClNO3. The van der Waals surface area contributed by atoms with Crippen LogP contribution < -0.4 is 5.32 Å². The van der Waals surface area contributed by atoms with Crippen LogP contribution >= 0.6 is 27.5 Å². The molecule has 98 valence electrons. The summed E-state index contributed by atoms with van der Waals surface area (Å²) in [6.07, 6.45) is 0. The molecule has 0 unspecified atom stereocenters. The van der Waals surface area contributed by atoms with Crippen LogP contribution in [0.1, 0.15) is 17.3 Å².